The van der Waals surface area contributed by atoms with Crippen molar-refractivity contribution in [3.63, 3.8) is 0 Å². The van der Waals surface area contributed by atoms with E-state index in [0.29, 0.717) is 11.8 Å². The van der Waals surface area contributed by atoms with Gasteiger partial charge in [0.05, 0.1) is 0 Å². The summed E-state index contributed by atoms with van der Waals surface area (Å²) in [5.74, 6) is 1.09. The fourth-order valence-corrected chi connectivity index (χ4v) is 2.78. The molecular formula is C12H22N2O2. The van der Waals surface area contributed by atoms with Gasteiger partial charge >= 0.3 is 6.09 Å². The largest absolute Gasteiger partial charge is 0.444 e. The van der Waals surface area contributed by atoms with Crippen molar-refractivity contribution in [1.29, 1.82) is 0 Å². The van der Waals surface area contributed by atoms with Crippen LogP contribution in [0.3, 0.4) is 0 Å². The van der Waals surface area contributed by atoms with Gasteiger partial charge < -0.3 is 15.4 Å². The minimum absolute atomic E-state index is 0.186. The van der Waals surface area contributed by atoms with E-state index >= 15 is 0 Å². The number of likely N-dealkylation sites (tertiary alicyclic amines) is 1. The molecule has 3 unspecified atom stereocenters. The van der Waals surface area contributed by atoms with Crippen molar-refractivity contribution < 1.29 is 9.53 Å². The zero-order valence-electron chi connectivity index (χ0n) is 10.4. The molecule has 0 spiro atoms. The maximum absolute atomic E-state index is 11.9. The summed E-state index contributed by atoms with van der Waals surface area (Å²) in [5, 5.41) is 0. The second-order valence-corrected chi connectivity index (χ2v) is 6.05. The Morgan fingerprint density at radius 2 is 2.00 bits per heavy atom. The quantitative estimate of drug-likeness (QED) is 0.682. The zero-order valence-corrected chi connectivity index (χ0v) is 10.4. The third-order valence-electron chi connectivity index (χ3n) is 3.56. The number of nitrogens with two attached hydrogens (primary N) is 1. The van der Waals surface area contributed by atoms with Gasteiger partial charge in [0.2, 0.25) is 0 Å². The smallest absolute Gasteiger partial charge is 0.410 e. The summed E-state index contributed by atoms with van der Waals surface area (Å²) in [6, 6.07) is 0.275. The highest BCUT2D eigenvalue weighted by molar-refractivity contribution is 5.68. The van der Waals surface area contributed by atoms with Crippen LogP contribution in [0.5, 0.6) is 0 Å². The molecule has 4 heteroatoms. The van der Waals surface area contributed by atoms with Crippen molar-refractivity contribution in [2.75, 3.05) is 13.1 Å². The van der Waals surface area contributed by atoms with E-state index in [-0.39, 0.29) is 12.1 Å². The molecule has 1 amide bonds. The Morgan fingerprint density at radius 1 is 1.31 bits per heavy atom. The minimum Gasteiger partial charge on any atom is -0.444 e. The van der Waals surface area contributed by atoms with E-state index in [1.165, 1.54) is 0 Å². The van der Waals surface area contributed by atoms with Gasteiger partial charge in [0, 0.05) is 19.1 Å². The lowest BCUT2D eigenvalue weighted by atomic mass is 9.98. The summed E-state index contributed by atoms with van der Waals surface area (Å²) in [4.78, 5) is 13.7. The molecule has 2 N–H and O–H groups in total. The number of rotatable bonds is 0. The van der Waals surface area contributed by atoms with Gasteiger partial charge in [0.1, 0.15) is 5.60 Å². The molecule has 2 aliphatic rings. The summed E-state index contributed by atoms with van der Waals surface area (Å²) in [6.07, 6.45) is 2.08. The number of nitrogens with zero attached hydrogens (tertiary/aromatic N) is 1. The second-order valence-electron chi connectivity index (χ2n) is 6.05. The Labute approximate surface area is 97.1 Å². The first-order chi connectivity index (χ1) is 7.37. The number of fused-ring (bicyclic) bond motifs is 1. The number of hydrogen-bond acceptors (Lipinski definition) is 3. The van der Waals surface area contributed by atoms with Crippen molar-refractivity contribution in [2.45, 2.75) is 45.3 Å². The summed E-state index contributed by atoms with van der Waals surface area (Å²) in [5.41, 5.74) is 5.62. The highest BCUT2D eigenvalue weighted by Gasteiger charge is 2.43. The molecule has 2 fully saturated rings. The number of hydrogen-bond donors (Lipinski definition) is 1. The van der Waals surface area contributed by atoms with Gasteiger partial charge in [-0.05, 0) is 45.4 Å². The maximum atomic E-state index is 11.9. The SMILES string of the molecule is CC(C)(C)OC(=O)N1CC2CCC(N)C2C1. The zero-order chi connectivity index (χ0) is 11.9. The standard InChI is InChI=1S/C12H22N2O2/c1-12(2,3)16-11(15)14-6-8-4-5-10(13)9(8)7-14/h8-10H,4-7,13H2,1-3H3. The minimum atomic E-state index is -0.406. The molecule has 1 saturated heterocycles. The highest BCUT2D eigenvalue weighted by atomic mass is 16.6. The van der Waals surface area contributed by atoms with Crippen LogP contribution in [0.25, 0.3) is 0 Å². The third kappa shape index (κ3) is 2.32. The van der Waals surface area contributed by atoms with Crippen LogP contribution >= 0.6 is 0 Å². The van der Waals surface area contributed by atoms with Gasteiger partial charge in [-0.25, -0.2) is 4.79 Å². The van der Waals surface area contributed by atoms with E-state index < -0.39 is 5.60 Å². The Morgan fingerprint density at radius 3 is 2.56 bits per heavy atom. The van der Waals surface area contributed by atoms with E-state index in [9.17, 15) is 4.79 Å². The molecule has 0 bridgehead atoms. The lowest BCUT2D eigenvalue weighted by Gasteiger charge is -2.25. The van der Waals surface area contributed by atoms with E-state index in [2.05, 4.69) is 0 Å². The predicted molar refractivity (Wildman–Crippen MR) is 62.0 cm³/mol. The summed E-state index contributed by atoms with van der Waals surface area (Å²) in [6.45, 7) is 7.29. The molecular weight excluding hydrogens is 204 g/mol. The van der Waals surface area contributed by atoms with Crippen LogP contribution in [-0.2, 0) is 4.74 Å². The molecule has 92 valence electrons. The molecule has 2 rings (SSSR count). The molecule has 0 aromatic carbocycles. The van der Waals surface area contributed by atoms with Gasteiger partial charge in [-0.3, -0.25) is 0 Å². The van der Waals surface area contributed by atoms with Crippen LogP contribution in [0.4, 0.5) is 4.79 Å². The van der Waals surface area contributed by atoms with Crippen LogP contribution in [0.15, 0.2) is 0 Å². The molecule has 4 nitrogen and oxygen atoms in total. The van der Waals surface area contributed by atoms with Gasteiger partial charge in [-0.2, -0.15) is 0 Å². The van der Waals surface area contributed by atoms with Gasteiger partial charge in [0.25, 0.3) is 0 Å². The van der Waals surface area contributed by atoms with E-state index in [4.69, 9.17) is 10.5 Å². The monoisotopic (exact) mass is 226 g/mol. The van der Waals surface area contributed by atoms with Crippen molar-refractivity contribution in [1.82, 2.24) is 4.90 Å². The molecule has 3 atom stereocenters. The Hall–Kier alpha value is -0.770. The molecule has 1 aliphatic heterocycles. The molecule has 0 radical (unpaired) electrons. The van der Waals surface area contributed by atoms with Gasteiger partial charge in [0.15, 0.2) is 0 Å². The van der Waals surface area contributed by atoms with Crippen LogP contribution in [0, 0.1) is 11.8 Å². The summed E-state index contributed by atoms with van der Waals surface area (Å²) < 4.78 is 5.37. The Bertz CT molecular complexity index is 285. The highest BCUT2D eigenvalue weighted by Crippen LogP contribution is 2.37. The average molecular weight is 226 g/mol. The Balaban J connectivity index is 1.92. The van der Waals surface area contributed by atoms with Gasteiger partial charge in [-0.15, -0.1) is 0 Å². The number of carbonyl (C=O) groups excluding carboxylic acids is 1. The van der Waals surface area contributed by atoms with Crippen LogP contribution in [0.1, 0.15) is 33.6 Å². The molecule has 0 aromatic rings. The number of ether oxygens (including phenoxy) is 1. The molecule has 16 heavy (non-hydrogen) atoms. The second kappa shape index (κ2) is 3.91. The first-order valence-electron chi connectivity index (χ1n) is 6.10. The maximum Gasteiger partial charge on any atom is 0.410 e. The number of carbonyl (C=O) groups is 1. The van der Waals surface area contributed by atoms with Crippen molar-refractivity contribution in [2.24, 2.45) is 17.6 Å². The fourth-order valence-electron chi connectivity index (χ4n) is 2.78. The van der Waals surface area contributed by atoms with Crippen molar-refractivity contribution in [3.05, 3.63) is 0 Å². The van der Waals surface area contributed by atoms with E-state index in [0.717, 1.165) is 25.9 Å². The van der Waals surface area contributed by atoms with Crippen molar-refractivity contribution in [3.8, 4) is 0 Å². The predicted octanol–water partition coefficient (Wildman–Crippen LogP) is 1.59. The summed E-state index contributed by atoms with van der Waals surface area (Å²) in [7, 11) is 0. The average Bonchev–Trinajstić information content (AvgIpc) is 2.65. The topological polar surface area (TPSA) is 55.6 Å². The fraction of sp³-hybridized carbons (Fsp3) is 0.917. The lowest BCUT2D eigenvalue weighted by Crippen LogP contribution is -2.37. The summed E-state index contributed by atoms with van der Waals surface area (Å²) >= 11 is 0. The normalized spacial score (nSPS) is 34.0. The van der Waals surface area contributed by atoms with Crippen LogP contribution in [-0.4, -0.2) is 35.7 Å². The van der Waals surface area contributed by atoms with Gasteiger partial charge in [-0.1, -0.05) is 0 Å². The van der Waals surface area contributed by atoms with Crippen molar-refractivity contribution >= 4 is 6.09 Å². The molecule has 0 aromatic heterocycles. The van der Waals surface area contributed by atoms with E-state index in [1.54, 1.807) is 0 Å². The third-order valence-corrected chi connectivity index (χ3v) is 3.56. The number of amides is 1. The first kappa shape index (κ1) is 11.7. The molecule has 1 saturated carbocycles. The van der Waals surface area contributed by atoms with E-state index in [1.807, 2.05) is 25.7 Å². The van der Waals surface area contributed by atoms with Crippen LogP contribution in [0.2, 0.25) is 0 Å². The lowest BCUT2D eigenvalue weighted by molar-refractivity contribution is 0.0279. The molecule has 1 heterocycles. The molecule has 1 aliphatic carbocycles. The van der Waals surface area contributed by atoms with Crippen LogP contribution < -0.4 is 5.73 Å². The Kier molecular flexibility index (Phi) is 2.86. The first-order valence-corrected chi connectivity index (χ1v) is 6.10.